The van der Waals surface area contributed by atoms with Gasteiger partial charge in [0, 0.05) is 25.7 Å². The number of hydrogen-bond acceptors (Lipinski definition) is 4. The molecule has 0 radical (unpaired) electrons. The minimum Gasteiger partial charge on any atom is -0.444 e. The molecule has 1 aliphatic carbocycles. The van der Waals surface area contributed by atoms with Gasteiger partial charge in [0.05, 0.1) is 0 Å². The summed E-state index contributed by atoms with van der Waals surface area (Å²) in [5.74, 6) is 0.544. The van der Waals surface area contributed by atoms with Crippen LogP contribution in [0.1, 0.15) is 47.0 Å². The van der Waals surface area contributed by atoms with Crippen molar-refractivity contribution < 1.29 is 14.3 Å². The number of aliphatic imine (C=N–C) groups is 1. The summed E-state index contributed by atoms with van der Waals surface area (Å²) in [4.78, 5) is 27.4. The summed E-state index contributed by atoms with van der Waals surface area (Å²) >= 11 is 0. The van der Waals surface area contributed by atoms with E-state index in [1.165, 1.54) is 0 Å². The van der Waals surface area contributed by atoms with Gasteiger partial charge in [-0.3, -0.25) is 4.79 Å². The topological polar surface area (TPSA) is 104 Å². The van der Waals surface area contributed by atoms with Crippen LogP contribution in [-0.2, 0) is 9.53 Å². The molecule has 1 rings (SSSR count). The quantitative estimate of drug-likeness (QED) is 0.296. The van der Waals surface area contributed by atoms with E-state index in [1.54, 1.807) is 0 Å². The number of alkyl carbamates (subject to hydrolysis) is 1. The van der Waals surface area contributed by atoms with E-state index in [2.05, 4.69) is 26.3 Å². The molecule has 4 N–H and O–H groups in total. The zero-order valence-corrected chi connectivity index (χ0v) is 15.2. The van der Waals surface area contributed by atoms with Crippen LogP contribution in [0.2, 0.25) is 0 Å². The summed E-state index contributed by atoms with van der Waals surface area (Å²) in [6, 6.07) is 0.349. The molecule has 0 aromatic carbocycles. The number of nitrogens with one attached hydrogen (secondary N) is 4. The molecule has 0 spiro atoms. The lowest BCUT2D eigenvalue weighted by Gasteiger charge is -2.19. The molecule has 1 saturated carbocycles. The number of amides is 2. The molecule has 0 unspecified atom stereocenters. The van der Waals surface area contributed by atoms with E-state index in [0.29, 0.717) is 31.6 Å². The maximum atomic E-state index is 11.6. The number of carbonyl (C=O) groups excluding carboxylic acids is 2. The number of rotatable bonds is 8. The lowest BCUT2D eigenvalue weighted by molar-refractivity contribution is -0.119. The van der Waals surface area contributed by atoms with Crippen LogP contribution in [0.25, 0.3) is 0 Å². The Morgan fingerprint density at radius 1 is 1.12 bits per heavy atom. The molecule has 0 atom stereocenters. The fraction of sp³-hybridized carbons (Fsp3) is 0.812. The van der Waals surface area contributed by atoms with Gasteiger partial charge in [-0.15, -0.1) is 0 Å². The van der Waals surface area contributed by atoms with Crippen LogP contribution in [0, 0.1) is 0 Å². The summed E-state index contributed by atoms with van der Waals surface area (Å²) < 4.78 is 5.15. The highest BCUT2D eigenvalue weighted by atomic mass is 16.6. The molecule has 0 aromatic heterocycles. The molecular formula is C16H31N5O3. The maximum absolute atomic E-state index is 11.6. The molecule has 138 valence electrons. The van der Waals surface area contributed by atoms with Gasteiger partial charge in [0.15, 0.2) is 5.96 Å². The summed E-state index contributed by atoms with van der Waals surface area (Å²) in [6.07, 6.45) is 2.44. The predicted octanol–water partition coefficient (Wildman–Crippen LogP) is 0.735. The zero-order valence-electron chi connectivity index (χ0n) is 15.2. The summed E-state index contributed by atoms with van der Waals surface area (Å²) in [5, 5.41) is 11.8. The number of guanidine groups is 1. The van der Waals surface area contributed by atoms with Gasteiger partial charge in [0.25, 0.3) is 0 Å². The van der Waals surface area contributed by atoms with E-state index in [-0.39, 0.29) is 12.5 Å². The minimum absolute atomic E-state index is 0.0544. The smallest absolute Gasteiger partial charge is 0.407 e. The van der Waals surface area contributed by atoms with E-state index < -0.39 is 11.7 Å². The first-order chi connectivity index (χ1) is 11.3. The van der Waals surface area contributed by atoms with Gasteiger partial charge in [-0.2, -0.15) is 0 Å². The SMILES string of the molecule is CCNC(=NCC(=O)NC1CC1)NCCCNC(=O)OC(C)(C)C. The van der Waals surface area contributed by atoms with E-state index in [4.69, 9.17) is 4.74 Å². The molecule has 2 amide bonds. The van der Waals surface area contributed by atoms with Crippen LogP contribution in [0.15, 0.2) is 4.99 Å². The van der Waals surface area contributed by atoms with Gasteiger partial charge in [0.1, 0.15) is 12.1 Å². The average Bonchev–Trinajstić information content (AvgIpc) is 3.26. The van der Waals surface area contributed by atoms with Gasteiger partial charge in [-0.25, -0.2) is 9.79 Å². The summed E-state index contributed by atoms with van der Waals surface area (Å²) in [7, 11) is 0. The fourth-order valence-corrected chi connectivity index (χ4v) is 1.79. The Hall–Kier alpha value is -1.99. The van der Waals surface area contributed by atoms with Crippen LogP contribution >= 0.6 is 0 Å². The van der Waals surface area contributed by atoms with Crippen LogP contribution < -0.4 is 21.3 Å². The van der Waals surface area contributed by atoms with Crippen molar-refractivity contribution in [2.24, 2.45) is 4.99 Å². The molecule has 8 heteroatoms. The molecular weight excluding hydrogens is 310 g/mol. The van der Waals surface area contributed by atoms with Crippen molar-refractivity contribution in [3.63, 3.8) is 0 Å². The Morgan fingerprint density at radius 3 is 2.38 bits per heavy atom. The van der Waals surface area contributed by atoms with E-state index in [9.17, 15) is 9.59 Å². The monoisotopic (exact) mass is 341 g/mol. The minimum atomic E-state index is -0.492. The second-order valence-electron chi connectivity index (χ2n) is 6.75. The first-order valence-corrected chi connectivity index (χ1v) is 8.58. The average molecular weight is 341 g/mol. The van der Waals surface area contributed by atoms with Gasteiger partial charge in [0.2, 0.25) is 5.91 Å². The normalized spacial score (nSPS) is 14.8. The van der Waals surface area contributed by atoms with Crippen LogP contribution in [0.3, 0.4) is 0 Å². The lowest BCUT2D eigenvalue weighted by Crippen LogP contribution is -2.40. The molecule has 0 saturated heterocycles. The van der Waals surface area contributed by atoms with E-state index in [0.717, 1.165) is 19.3 Å². The molecule has 0 heterocycles. The largest absolute Gasteiger partial charge is 0.444 e. The second kappa shape index (κ2) is 10.00. The Morgan fingerprint density at radius 2 is 1.79 bits per heavy atom. The maximum Gasteiger partial charge on any atom is 0.407 e. The third kappa shape index (κ3) is 10.7. The highest BCUT2D eigenvalue weighted by Crippen LogP contribution is 2.18. The molecule has 0 bridgehead atoms. The first kappa shape index (κ1) is 20.1. The van der Waals surface area contributed by atoms with Gasteiger partial charge >= 0.3 is 6.09 Å². The number of nitrogens with zero attached hydrogens (tertiary/aromatic N) is 1. The van der Waals surface area contributed by atoms with Crippen molar-refractivity contribution in [2.45, 2.75) is 58.6 Å². The standard InChI is InChI=1S/C16H31N5O3/c1-5-17-14(20-11-13(22)21-12-7-8-12)18-9-6-10-19-15(23)24-16(2,3)4/h12H,5-11H2,1-4H3,(H,19,23)(H,21,22)(H2,17,18,20). The number of ether oxygens (including phenoxy) is 1. The molecule has 0 aliphatic heterocycles. The Kier molecular flexibility index (Phi) is 8.35. The molecule has 1 fully saturated rings. The highest BCUT2D eigenvalue weighted by molar-refractivity contribution is 5.85. The molecule has 0 aromatic rings. The Bertz CT molecular complexity index is 441. The van der Waals surface area contributed by atoms with Crippen molar-refractivity contribution >= 4 is 18.0 Å². The van der Waals surface area contributed by atoms with E-state index in [1.807, 2.05) is 27.7 Å². The van der Waals surface area contributed by atoms with Crippen molar-refractivity contribution in [3.8, 4) is 0 Å². The molecule has 24 heavy (non-hydrogen) atoms. The Labute approximate surface area is 144 Å². The third-order valence-electron chi connectivity index (χ3n) is 2.98. The van der Waals surface area contributed by atoms with Crippen LogP contribution in [0.5, 0.6) is 0 Å². The van der Waals surface area contributed by atoms with Crippen molar-refractivity contribution in [1.29, 1.82) is 0 Å². The number of hydrogen-bond donors (Lipinski definition) is 4. The first-order valence-electron chi connectivity index (χ1n) is 8.58. The Balaban J connectivity index is 2.18. The third-order valence-corrected chi connectivity index (χ3v) is 2.98. The van der Waals surface area contributed by atoms with Gasteiger partial charge in [-0.1, -0.05) is 0 Å². The van der Waals surface area contributed by atoms with Crippen molar-refractivity contribution in [2.75, 3.05) is 26.2 Å². The van der Waals surface area contributed by atoms with Crippen LogP contribution in [-0.4, -0.2) is 55.8 Å². The van der Waals surface area contributed by atoms with Gasteiger partial charge < -0.3 is 26.0 Å². The number of carbonyl (C=O) groups is 2. The zero-order chi connectivity index (χ0) is 18.0. The van der Waals surface area contributed by atoms with Crippen LogP contribution in [0.4, 0.5) is 4.79 Å². The second-order valence-corrected chi connectivity index (χ2v) is 6.75. The highest BCUT2D eigenvalue weighted by Gasteiger charge is 2.22. The summed E-state index contributed by atoms with van der Waals surface area (Å²) in [6.45, 7) is 9.40. The van der Waals surface area contributed by atoms with Crippen molar-refractivity contribution in [1.82, 2.24) is 21.3 Å². The predicted molar refractivity (Wildman–Crippen MR) is 94.0 cm³/mol. The lowest BCUT2D eigenvalue weighted by atomic mass is 10.2. The summed E-state index contributed by atoms with van der Waals surface area (Å²) in [5.41, 5.74) is -0.492. The molecule has 1 aliphatic rings. The van der Waals surface area contributed by atoms with Crippen molar-refractivity contribution in [3.05, 3.63) is 0 Å². The molecule has 8 nitrogen and oxygen atoms in total. The van der Waals surface area contributed by atoms with E-state index >= 15 is 0 Å². The fourth-order valence-electron chi connectivity index (χ4n) is 1.79. The van der Waals surface area contributed by atoms with Gasteiger partial charge in [-0.05, 0) is 47.0 Å².